The normalized spacial score (nSPS) is 15.1. The van der Waals surface area contributed by atoms with Crippen LogP contribution in [0.4, 0.5) is 11.4 Å². The highest BCUT2D eigenvalue weighted by Crippen LogP contribution is 2.31. The van der Waals surface area contributed by atoms with Gasteiger partial charge in [0.25, 0.3) is 0 Å². The fourth-order valence-corrected chi connectivity index (χ4v) is 3.51. The average molecular weight is 328 g/mol. The van der Waals surface area contributed by atoms with Gasteiger partial charge >= 0.3 is 0 Å². The molecule has 4 nitrogen and oxygen atoms in total. The van der Waals surface area contributed by atoms with Crippen LogP contribution in [0.5, 0.6) is 0 Å². The molecule has 1 aliphatic heterocycles. The Labute approximate surface area is 142 Å². The number of aryl methyl sites for hydroxylation is 1. The number of rotatable bonds is 5. The fourth-order valence-electron chi connectivity index (χ4n) is 2.88. The maximum atomic E-state index is 6.12. The summed E-state index contributed by atoms with van der Waals surface area (Å²) in [5.74, 6) is 0.593. The maximum absolute atomic E-state index is 6.12. The fraction of sp³-hybridized carbons (Fsp3) is 0.389. The van der Waals surface area contributed by atoms with E-state index in [4.69, 9.17) is 5.73 Å². The van der Waals surface area contributed by atoms with E-state index in [1.165, 1.54) is 17.7 Å². The molecule has 0 amide bonds. The molecule has 0 atom stereocenters. The van der Waals surface area contributed by atoms with E-state index in [0.29, 0.717) is 5.84 Å². The Balaban J connectivity index is 1.84. The third-order valence-corrected chi connectivity index (χ3v) is 5.02. The van der Waals surface area contributed by atoms with Crippen LogP contribution in [0.2, 0.25) is 0 Å². The van der Waals surface area contributed by atoms with Crippen molar-refractivity contribution in [2.45, 2.75) is 12.8 Å². The van der Waals surface area contributed by atoms with E-state index < -0.39 is 0 Å². The van der Waals surface area contributed by atoms with Crippen molar-refractivity contribution in [1.29, 1.82) is 0 Å². The molecule has 5 heteroatoms. The highest BCUT2D eigenvalue weighted by molar-refractivity contribution is 7.12. The number of nitrogens with zero attached hydrogens (tertiary/aromatic N) is 3. The molecule has 0 saturated carbocycles. The van der Waals surface area contributed by atoms with Crippen molar-refractivity contribution in [2.24, 2.45) is 10.7 Å². The Hall–Kier alpha value is -1.85. The van der Waals surface area contributed by atoms with E-state index in [1.807, 2.05) is 17.5 Å². The summed E-state index contributed by atoms with van der Waals surface area (Å²) in [5.41, 5.74) is 9.80. The summed E-state index contributed by atoms with van der Waals surface area (Å²) < 4.78 is 0. The number of hydrogen-bond donors (Lipinski definition) is 1. The molecular weight excluding hydrogens is 304 g/mol. The molecule has 0 spiro atoms. The number of anilines is 1. The van der Waals surface area contributed by atoms with Gasteiger partial charge in [0.1, 0.15) is 5.84 Å². The Morgan fingerprint density at radius 2 is 2.22 bits per heavy atom. The molecule has 2 N–H and O–H groups in total. The molecule has 3 rings (SSSR count). The van der Waals surface area contributed by atoms with E-state index in [-0.39, 0.29) is 0 Å². The summed E-state index contributed by atoms with van der Waals surface area (Å²) in [6.45, 7) is 3.23. The third kappa shape index (κ3) is 3.92. The number of fused-ring (bicyclic) bond motifs is 1. The van der Waals surface area contributed by atoms with Gasteiger partial charge in [0.05, 0.1) is 10.6 Å². The van der Waals surface area contributed by atoms with Crippen molar-refractivity contribution in [3.63, 3.8) is 0 Å². The quantitative estimate of drug-likeness (QED) is 0.677. The number of hydrogen-bond acceptors (Lipinski definition) is 4. The van der Waals surface area contributed by atoms with Gasteiger partial charge in [-0.3, -0.25) is 0 Å². The lowest BCUT2D eigenvalue weighted by Crippen LogP contribution is -2.35. The molecule has 0 saturated heterocycles. The summed E-state index contributed by atoms with van der Waals surface area (Å²) in [4.78, 5) is 10.3. The van der Waals surface area contributed by atoms with Gasteiger partial charge in [-0.05, 0) is 56.1 Å². The van der Waals surface area contributed by atoms with Gasteiger partial charge in [0.2, 0.25) is 0 Å². The third-order valence-electron chi connectivity index (χ3n) is 4.12. The van der Waals surface area contributed by atoms with Crippen LogP contribution in [0.1, 0.15) is 16.9 Å². The first kappa shape index (κ1) is 16.0. The molecule has 23 heavy (non-hydrogen) atoms. The summed E-state index contributed by atoms with van der Waals surface area (Å²) >= 11 is 1.62. The Bertz CT molecular complexity index is 676. The number of aliphatic imine (C=N–C) groups is 1. The minimum atomic E-state index is 0.593. The van der Waals surface area contributed by atoms with Crippen molar-refractivity contribution in [2.75, 3.05) is 38.6 Å². The lowest BCUT2D eigenvalue weighted by Gasteiger charge is -2.32. The molecule has 0 unspecified atom stereocenters. The van der Waals surface area contributed by atoms with Crippen LogP contribution < -0.4 is 10.6 Å². The SMILES string of the molecule is CN(C)CCN1CCCc2ccc(N=C(N)c3cccs3)cc21. The van der Waals surface area contributed by atoms with Gasteiger partial charge < -0.3 is 15.5 Å². The van der Waals surface area contributed by atoms with Crippen molar-refractivity contribution in [3.8, 4) is 0 Å². The molecule has 0 fully saturated rings. The second-order valence-electron chi connectivity index (χ2n) is 6.18. The number of likely N-dealkylation sites (N-methyl/N-ethyl adjacent to an activating group) is 1. The molecule has 0 aliphatic carbocycles. The minimum absolute atomic E-state index is 0.593. The van der Waals surface area contributed by atoms with Crippen molar-refractivity contribution >= 4 is 28.5 Å². The topological polar surface area (TPSA) is 44.9 Å². The second-order valence-corrected chi connectivity index (χ2v) is 7.13. The molecule has 122 valence electrons. The van der Waals surface area contributed by atoms with Gasteiger partial charge in [0.15, 0.2) is 0 Å². The van der Waals surface area contributed by atoms with Crippen LogP contribution in [-0.4, -0.2) is 44.5 Å². The lowest BCUT2D eigenvalue weighted by atomic mass is 10.0. The van der Waals surface area contributed by atoms with Gasteiger partial charge in [-0.2, -0.15) is 0 Å². The molecule has 0 bridgehead atoms. The molecule has 1 aromatic heterocycles. The lowest BCUT2D eigenvalue weighted by molar-refractivity contribution is 0.411. The van der Waals surface area contributed by atoms with Crippen LogP contribution in [0.3, 0.4) is 0 Å². The monoisotopic (exact) mass is 328 g/mol. The standard InChI is InChI=1S/C18H24N4S/c1-21(2)10-11-22-9-3-5-14-7-8-15(13-16(14)22)20-18(19)17-6-4-12-23-17/h4,6-8,12-13H,3,5,9-11H2,1-2H3,(H2,19,20). The first-order chi connectivity index (χ1) is 11.1. The predicted molar refractivity (Wildman–Crippen MR) is 100 cm³/mol. The summed E-state index contributed by atoms with van der Waals surface area (Å²) in [5, 5.41) is 2.02. The smallest absolute Gasteiger partial charge is 0.141 e. The second kappa shape index (κ2) is 7.15. The molecule has 1 aromatic carbocycles. The maximum Gasteiger partial charge on any atom is 0.141 e. The number of benzene rings is 1. The molecular formula is C18H24N4S. The molecule has 1 aliphatic rings. The zero-order valence-electron chi connectivity index (χ0n) is 13.8. The number of thiophene rings is 1. The van der Waals surface area contributed by atoms with Crippen LogP contribution in [0.25, 0.3) is 0 Å². The summed E-state index contributed by atoms with van der Waals surface area (Å²) in [7, 11) is 4.24. The van der Waals surface area contributed by atoms with E-state index in [2.05, 4.69) is 47.1 Å². The first-order valence-electron chi connectivity index (χ1n) is 8.04. The summed E-state index contributed by atoms with van der Waals surface area (Å²) in [6, 6.07) is 10.5. The van der Waals surface area contributed by atoms with Crippen molar-refractivity contribution in [1.82, 2.24) is 4.90 Å². The van der Waals surface area contributed by atoms with Crippen molar-refractivity contribution in [3.05, 3.63) is 46.2 Å². The molecule has 2 aromatic rings. The molecule has 0 radical (unpaired) electrons. The van der Waals surface area contributed by atoms with Crippen LogP contribution in [-0.2, 0) is 6.42 Å². The van der Waals surface area contributed by atoms with Crippen molar-refractivity contribution < 1.29 is 0 Å². The van der Waals surface area contributed by atoms with Crippen LogP contribution >= 0.6 is 11.3 Å². The van der Waals surface area contributed by atoms with Gasteiger partial charge in [-0.1, -0.05) is 12.1 Å². The zero-order valence-corrected chi connectivity index (χ0v) is 14.6. The molecule has 2 heterocycles. The average Bonchev–Trinajstić information content (AvgIpc) is 3.07. The van der Waals surface area contributed by atoms with E-state index in [0.717, 1.165) is 36.6 Å². The Morgan fingerprint density at radius 1 is 1.35 bits per heavy atom. The zero-order chi connectivity index (χ0) is 16.2. The van der Waals surface area contributed by atoms with Gasteiger partial charge in [-0.25, -0.2) is 4.99 Å². The number of nitrogens with two attached hydrogens (primary N) is 1. The first-order valence-corrected chi connectivity index (χ1v) is 8.92. The summed E-state index contributed by atoms with van der Waals surface area (Å²) in [6.07, 6.45) is 2.37. The largest absolute Gasteiger partial charge is 0.383 e. The highest BCUT2D eigenvalue weighted by Gasteiger charge is 2.17. The van der Waals surface area contributed by atoms with Crippen LogP contribution in [0.15, 0.2) is 40.7 Å². The van der Waals surface area contributed by atoms with E-state index in [9.17, 15) is 0 Å². The van der Waals surface area contributed by atoms with E-state index in [1.54, 1.807) is 11.3 Å². The number of amidine groups is 1. The Morgan fingerprint density at radius 3 is 2.96 bits per heavy atom. The Kier molecular flexibility index (Phi) is 4.98. The van der Waals surface area contributed by atoms with Gasteiger partial charge in [-0.15, -0.1) is 11.3 Å². The predicted octanol–water partition coefficient (Wildman–Crippen LogP) is 3.10. The van der Waals surface area contributed by atoms with Gasteiger partial charge in [0, 0.05) is 25.3 Å². The highest BCUT2D eigenvalue weighted by atomic mass is 32.1. The van der Waals surface area contributed by atoms with Crippen LogP contribution in [0, 0.1) is 0 Å². The van der Waals surface area contributed by atoms with E-state index >= 15 is 0 Å². The minimum Gasteiger partial charge on any atom is -0.383 e.